The summed E-state index contributed by atoms with van der Waals surface area (Å²) in [6.07, 6.45) is 0. The van der Waals surface area contributed by atoms with Crippen LogP contribution in [0.4, 0.5) is 10.1 Å². The Bertz CT molecular complexity index is 828. The van der Waals surface area contributed by atoms with Gasteiger partial charge in [-0.3, -0.25) is 4.79 Å². The molecule has 0 saturated carbocycles. The average Bonchev–Trinajstić information content (AvgIpc) is 2.66. The highest BCUT2D eigenvalue weighted by Gasteiger charge is 2.16. The van der Waals surface area contributed by atoms with Gasteiger partial charge in [-0.2, -0.15) is 0 Å². The molecule has 0 spiro atoms. The van der Waals surface area contributed by atoms with Gasteiger partial charge >= 0.3 is 0 Å². The van der Waals surface area contributed by atoms with Crippen LogP contribution in [0.15, 0.2) is 78.9 Å². The summed E-state index contributed by atoms with van der Waals surface area (Å²) >= 11 is 1.58. The molecule has 0 aliphatic carbocycles. The summed E-state index contributed by atoms with van der Waals surface area (Å²) in [5.74, 6) is -0.0877. The SMILES string of the molecule is Cc1cc(F)ccc1NC(=O)CSC(c1ccccc1)c1ccccc1. The number of amides is 1. The number of benzene rings is 3. The van der Waals surface area contributed by atoms with Crippen LogP contribution in [-0.4, -0.2) is 11.7 Å². The highest BCUT2D eigenvalue weighted by molar-refractivity contribution is 8.00. The van der Waals surface area contributed by atoms with E-state index in [1.807, 2.05) is 36.4 Å². The van der Waals surface area contributed by atoms with Crippen LogP contribution in [0.2, 0.25) is 0 Å². The number of anilines is 1. The number of hydrogen-bond acceptors (Lipinski definition) is 2. The van der Waals surface area contributed by atoms with Gasteiger partial charge in [0.2, 0.25) is 5.91 Å². The average molecular weight is 365 g/mol. The Morgan fingerprint density at radius 1 is 0.962 bits per heavy atom. The Morgan fingerprint density at radius 2 is 1.54 bits per heavy atom. The molecule has 3 aromatic rings. The Labute approximate surface area is 157 Å². The zero-order valence-corrected chi connectivity index (χ0v) is 15.3. The lowest BCUT2D eigenvalue weighted by Gasteiger charge is -2.18. The monoisotopic (exact) mass is 365 g/mol. The van der Waals surface area contributed by atoms with E-state index in [1.54, 1.807) is 24.8 Å². The quantitative estimate of drug-likeness (QED) is 0.616. The van der Waals surface area contributed by atoms with E-state index in [2.05, 4.69) is 29.6 Å². The van der Waals surface area contributed by atoms with Gasteiger partial charge < -0.3 is 5.32 Å². The van der Waals surface area contributed by atoms with E-state index in [9.17, 15) is 9.18 Å². The molecule has 132 valence electrons. The minimum Gasteiger partial charge on any atom is -0.325 e. The summed E-state index contributed by atoms with van der Waals surface area (Å²) in [6.45, 7) is 1.78. The molecule has 0 fully saturated rings. The van der Waals surface area contributed by atoms with Gasteiger partial charge in [0.25, 0.3) is 0 Å². The number of carbonyl (C=O) groups excluding carboxylic acids is 1. The molecule has 0 bridgehead atoms. The zero-order chi connectivity index (χ0) is 18.4. The molecule has 2 nitrogen and oxygen atoms in total. The second-order valence-corrected chi connectivity index (χ2v) is 7.11. The molecular formula is C22H20FNOS. The van der Waals surface area contributed by atoms with Crippen molar-refractivity contribution in [2.75, 3.05) is 11.1 Å². The molecule has 4 heteroatoms. The second-order valence-electron chi connectivity index (χ2n) is 6.02. The van der Waals surface area contributed by atoms with E-state index in [4.69, 9.17) is 0 Å². The molecule has 3 rings (SSSR count). The summed E-state index contributed by atoms with van der Waals surface area (Å²) < 4.78 is 13.2. The van der Waals surface area contributed by atoms with Crippen molar-refractivity contribution >= 4 is 23.4 Å². The number of halogens is 1. The van der Waals surface area contributed by atoms with Gasteiger partial charge in [-0.1, -0.05) is 60.7 Å². The fraction of sp³-hybridized carbons (Fsp3) is 0.136. The van der Waals surface area contributed by atoms with Crippen molar-refractivity contribution in [1.29, 1.82) is 0 Å². The first-order valence-electron chi connectivity index (χ1n) is 8.41. The maximum atomic E-state index is 13.2. The van der Waals surface area contributed by atoms with E-state index < -0.39 is 0 Å². The third-order valence-corrected chi connectivity index (χ3v) is 5.35. The summed E-state index contributed by atoms with van der Waals surface area (Å²) in [5, 5.41) is 2.95. The minimum absolute atomic E-state index is 0.0810. The number of nitrogens with one attached hydrogen (secondary N) is 1. The predicted molar refractivity (Wildman–Crippen MR) is 107 cm³/mol. The van der Waals surface area contributed by atoms with Crippen LogP contribution in [0.3, 0.4) is 0 Å². The molecule has 26 heavy (non-hydrogen) atoms. The molecular weight excluding hydrogens is 345 g/mol. The fourth-order valence-corrected chi connectivity index (χ4v) is 3.84. The van der Waals surface area contributed by atoms with Crippen LogP contribution in [0, 0.1) is 12.7 Å². The van der Waals surface area contributed by atoms with Crippen LogP contribution < -0.4 is 5.32 Å². The maximum Gasteiger partial charge on any atom is 0.234 e. The highest BCUT2D eigenvalue weighted by atomic mass is 32.2. The molecule has 0 atom stereocenters. The van der Waals surface area contributed by atoms with Gasteiger partial charge in [0, 0.05) is 5.69 Å². The molecule has 0 heterocycles. The Morgan fingerprint density at radius 3 is 2.08 bits per heavy atom. The van der Waals surface area contributed by atoms with Crippen molar-refractivity contribution < 1.29 is 9.18 Å². The van der Waals surface area contributed by atoms with Crippen LogP contribution in [0.5, 0.6) is 0 Å². The van der Waals surface area contributed by atoms with Crippen LogP contribution >= 0.6 is 11.8 Å². The highest BCUT2D eigenvalue weighted by Crippen LogP contribution is 2.35. The van der Waals surface area contributed by atoms with Gasteiger partial charge in [-0.25, -0.2) is 4.39 Å². The Hall–Kier alpha value is -2.59. The van der Waals surface area contributed by atoms with Gasteiger partial charge in [0.1, 0.15) is 5.82 Å². The largest absolute Gasteiger partial charge is 0.325 e. The number of carbonyl (C=O) groups is 1. The minimum atomic E-state index is -0.303. The molecule has 0 aromatic heterocycles. The van der Waals surface area contributed by atoms with Crippen molar-refractivity contribution in [2.45, 2.75) is 12.2 Å². The number of hydrogen-bond donors (Lipinski definition) is 1. The maximum absolute atomic E-state index is 13.2. The van der Waals surface area contributed by atoms with E-state index in [1.165, 1.54) is 12.1 Å². The van der Waals surface area contributed by atoms with Crippen molar-refractivity contribution in [3.63, 3.8) is 0 Å². The number of aryl methyl sites for hydroxylation is 1. The normalized spacial score (nSPS) is 10.7. The third-order valence-electron chi connectivity index (χ3n) is 4.05. The lowest BCUT2D eigenvalue weighted by atomic mass is 10.0. The first-order valence-corrected chi connectivity index (χ1v) is 9.46. The fourth-order valence-electron chi connectivity index (χ4n) is 2.75. The van der Waals surface area contributed by atoms with Crippen molar-refractivity contribution in [3.05, 3.63) is 101 Å². The lowest BCUT2D eigenvalue weighted by Crippen LogP contribution is -2.16. The van der Waals surface area contributed by atoms with Gasteiger partial charge in [-0.15, -0.1) is 11.8 Å². The first-order chi connectivity index (χ1) is 12.6. The lowest BCUT2D eigenvalue weighted by molar-refractivity contribution is -0.113. The Balaban J connectivity index is 1.71. The van der Waals surface area contributed by atoms with E-state index in [-0.39, 0.29) is 17.0 Å². The molecule has 1 N–H and O–H groups in total. The summed E-state index contributed by atoms with van der Waals surface area (Å²) in [5.41, 5.74) is 3.68. The van der Waals surface area contributed by atoms with E-state index >= 15 is 0 Å². The van der Waals surface area contributed by atoms with Crippen LogP contribution in [0.25, 0.3) is 0 Å². The molecule has 3 aromatic carbocycles. The van der Waals surface area contributed by atoms with Gasteiger partial charge in [0.15, 0.2) is 0 Å². The Kier molecular flexibility index (Phi) is 6.08. The molecule has 1 amide bonds. The third kappa shape index (κ3) is 4.73. The van der Waals surface area contributed by atoms with Crippen molar-refractivity contribution in [3.8, 4) is 0 Å². The van der Waals surface area contributed by atoms with Crippen LogP contribution in [-0.2, 0) is 4.79 Å². The predicted octanol–water partition coefficient (Wildman–Crippen LogP) is 5.60. The first kappa shape index (κ1) is 18.2. The van der Waals surface area contributed by atoms with Crippen molar-refractivity contribution in [1.82, 2.24) is 0 Å². The van der Waals surface area contributed by atoms with E-state index in [0.717, 1.165) is 11.1 Å². The smallest absolute Gasteiger partial charge is 0.234 e. The zero-order valence-electron chi connectivity index (χ0n) is 14.5. The van der Waals surface area contributed by atoms with Gasteiger partial charge in [0.05, 0.1) is 11.0 Å². The van der Waals surface area contributed by atoms with Gasteiger partial charge in [-0.05, 0) is 41.8 Å². The topological polar surface area (TPSA) is 29.1 Å². The van der Waals surface area contributed by atoms with E-state index in [0.29, 0.717) is 17.0 Å². The summed E-state index contributed by atoms with van der Waals surface area (Å²) in [6, 6.07) is 24.7. The summed E-state index contributed by atoms with van der Waals surface area (Å²) in [7, 11) is 0. The molecule has 0 radical (unpaired) electrons. The number of rotatable bonds is 6. The molecule has 0 aliphatic rings. The molecule has 0 unspecified atom stereocenters. The summed E-state index contributed by atoms with van der Waals surface area (Å²) in [4.78, 5) is 12.4. The number of thioether (sulfide) groups is 1. The molecule has 0 aliphatic heterocycles. The standard InChI is InChI=1S/C22H20FNOS/c1-16-14-19(23)12-13-20(16)24-21(25)15-26-22(17-8-4-2-5-9-17)18-10-6-3-7-11-18/h2-14,22H,15H2,1H3,(H,24,25). The second kappa shape index (κ2) is 8.68. The van der Waals surface area contributed by atoms with Crippen molar-refractivity contribution in [2.24, 2.45) is 0 Å². The molecule has 0 saturated heterocycles. The van der Waals surface area contributed by atoms with Crippen LogP contribution in [0.1, 0.15) is 21.9 Å².